The van der Waals surface area contributed by atoms with Crippen LogP contribution in [0, 0.1) is 0 Å². The van der Waals surface area contributed by atoms with Gasteiger partial charge in [-0.05, 0) is 18.2 Å². The Kier molecular flexibility index (Phi) is 5.63. The van der Waals surface area contributed by atoms with Gasteiger partial charge in [0.05, 0.1) is 17.7 Å². The molecule has 0 aliphatic heterocycles. The molecule has 0 fully saturated rings. The van der Waals surface area contributed by atoms with Crippen molar-refractivity contribution in [3.8, 4) is 28.3 Å². The van der Waals surface area contributed by atoms with Gasteiger partial charge in [0.2, 0.25) is 0 Å². The number of halogens is 3. The number of para-hydroxylation sites is 1. The normalized spacial score (nSPS) is 10.8. The number of aliphatic carboxylic acids is 1. The lowest BCUT2D eigenvalue weighted by atomic mass is 10.1. The number of imidazole rings is 1. The third kappa shape index (κ3) is 4.93. The zero-order chi connectivity index (χ0) is 20.2. The Morgan fingerprint density at radius 1 is 1.15 bits per heavy atom. The molecule has 8 nitrogen and oxygen atoms in total. The van der Waals surface area contributed by atoms with Crippen molar-refractivity contribution in [3.63, 3.8) is 0 Å². The van der Waals surface area contributed by atoms with Crippen LogP contribution >= 0.6 is 0 Å². The van der Waals surface area contributed by atoms with Crippen molar-refractivity contribution in [2.45, 2.75) is 6.18 Å². The smallest absolute Gasteiger partial charge is 0.490 e. The highest BCUT2D eigenvalue weighted by Gasteiger charge is 2.38. The number of anilines is 1. The average molecular weight is 381 g/mol. The number of hydrogen-bond acceptors (Lipinski definition) is 6. The standard InChI is InChI=1S/C14H13N5O.C2HF3O2/c1-19-7-12(16-8-19)10-6-11(17-18-14(10)15)9-4-2-3-5-13(9)20;3-2(4,5)1(6)7/h2-8,20H,1H3,(H2,15,18);(H,6,7). The second kappa shape index (κ2) is 7.72. The molecule has 142 valence electrons. The molecule has 2 aromatic heterocycles. The zero-order valence-corrected chi connectivity index (χ0v) is 13.8. The Bertz CT molecular complexity index is 956. The maximum atomic E-state index is 10.6. The van der Waals surface area contributed by atoms with Gasteiger partial charge in [0.25, 0.3) is 0 Å². The lowest BCUT2D eigenvalue weighted by Gasteiger charge is -2.06. The number of aryl methyl sites for hydroxylation is 1. The first-order valence-corrected chi connectivity index (χ1v) is 7.29. The zero-order valence-electron chi connectivity index (χ0n) is 13.8. The molecule has 0 bridgehead atoms. The fourth-order valence-electron chi connectivity index (χ4n) is 1.98. The van der Waals surface area contributed by atoms with Crippen LogP contribution in [0.4, 0.5) is 19.0 Å². The van der Waals surface area contributed by atoms with Crippen LogP contribution in [0.15, 0.2) is 42.9 Å². The molecule has 0 spiro atoms. The summed E-state index contributed by atoms with van der Waals surface area (Å²) in [5, 5.41) is 25.0. The molecule has 0 saturated carbocycles. The number of hydrogen-bond donors (Lipinski definition) is 3. The van der Waals surface area contributed by atoms with Crippen LogP contribution in [-0.2, 0) is 11.8 Å². The van der Waals surface area contributed by atoms with Crippen LogP contribution < -0.4 is 5.73 Å². The number of phenolic OH excluding ortho intramolecular Hbond substituents is 1. The van der Waals surface area contributed by atoms with Crippen molar-refractivity contribution >= 4 is 11.8 Å². The monoisotopic (exact) mass is 381 g/mol. The molecule has 0 aliphatic rings. The molecule has 3 aromatic rings. The number of rotatable bonds is 2. The van der Waals surface area contributed by atoms with Gasteiger partial charge in [0.15, 0.2) is 5.82 Å². The number of nitrogens with zero attached hydrogens (tertiary/aromatic N) is 4. The minimum Gasteiger partial charge on any atom is -0.507 e. The summed E-state index contributed by atoms with van der Waals surface area (Å²) in [5.74, 6) is -2.30. The number of nitrogen functional groups attached to an aromatic ring is 1. The fourth-order valence-corrected chi connectivity index (χ4v) is 1.98. The minimum absolute atomic E-state index is 0.151. The Balaban J connectivity index is 0.000000321. The number of benzene rings is 1. The number of carboxylic acid groups (broad SMARTS) is 1. The van der Waals surface area contributed by atoms with Crippen LogP contribution in [0.2, 0.25) is 0 Å². The first kappa shape index (κ1) is 19.7. The van der Waals surface area contributed by atoms with Crippen molar-refractivity contribution < 1.29 is 28.2 Å². The van der Waals surface area contributed by atoms with Crippen molar-refractivity contribution in [3.05, 3.63) is 42.9 Å². The quantitative estimate of drug-likeness (QED) is 0.622. The second-order valence-corrected chi connectivity index (χ2v) is 5.27. The topological polar surface area (TPSA) is 127 Å². The molecule has 4 N–H and O–H groups in total. The van der Waals surface area contributed by atoms with Crippen LogP contribution in [-0.4, -0.2) is 42.1 Å². The first-order chi connectivity index (χ1) is 12.6. The van der Waals surface area contributed by atoms with Gasteiger partial charge >= 0.3 is 12.1 Å². The fraction of sp³-hybridized carbons (Fsp3) is 0.125. The van der Waals surface area contributed by atoms with Crippen molar-refractivity contribution in [2.24, 2.45) is 7.05 Å². The number of phenols is 1. The van der Waals surface area contributed by atoms with Gasteiger partial charge in [-0.2, -0.15) is 13.2 Å². The summed E-state index contributed by atoms with van der Waals surface area (Å²) in [7, 11) is 1.88. The van der Waals surface area contributed by atoms with Crippen LogP contribution in [0.25, 0.3) is 22.5 Å². The minimum atomic E-state index is -5.08. The summed E-state index contributed by atoms with van der Waals surface area (Å²) >= 11 is 0. The van der Waals surface area contributed by atoms with Crippen LogP contribution in [0.1, 0.15) is 0 Å². The molecule has 11 heteroatoms. The van der Waals surface area contributed by atoms with E-state index in [2.05, 4.69) is 15.2 Å². The van der Waals surface area contributed by atoms with Gasteiger partial charge in [0, 0.05) is 24.4 Å². The summed E-state index contributed by atoms with van der Waals surface area (Å²) in [6, 6.07) is 8.74. The number of carboxylic acids is 1. The number of aromatic hydroxyl groups is 1. The van der Waals surface area contributed by atoms with Gasteiger partial charge in [0.1, 0.15) is 5.75 Å². The largest absolute Gasteiger partial charge is 0.507 e. The van der Waals surface area contributed by atoms with Gasteiger partial charge in [-0.15, -0.1) is 10.2 Å². The van der Waals surface area contributed by atoms with Gasteiger partial charge < -0.3 is 20.5 Å². The average Bonchev–Trinajstić information content (AvgIpc) is 3.02. The molecule has 0 radical (unpaired) electrons. The maximum Gasteiger partial charge on any atom is 0.490 e. The third-order valence-electron chi connectivity index (χ3n) is 3.23. The van der Waals surface area contributed by atoms with Gasteiger partial charge in [-0.25, -0.2) is 9.78 Å². The molecule has 0 unspecified atom stereocenters. The Morgan fingerprint density at radius 2 is 1.78 bits per heavy atom. The number of carbonyl (C=O) groups is 1. The highest BCUT2D eigenvalue weighted by atomic mass is 19.4. The van der Waals surface area contributed by atoms with Crippen molar-refractivity contribution in [2.75, 3.05) is 5.73 Å². The summed E-state index contributed by atoms with van der Waals surface area (Å²) in [4.78, 5) is 13.2. The summed E-state index contributed by atoms with van der Waals surface area (Å²) in [5.41, 5.74) is 8.44. The van der Waals surface area contributed by atoms with E-state index in [1.54, 1.807) is 30.6 Å². The van der Waals surface area contributed by atoms with E-state index in [9.17, 15) is 18.3 Å². The molecular formula is C16H14F3N5O3. The van der Waals surface area contributed by atoms with E-state index in [0.29, 0.717) is 22.6 Å². The summed E-state index contributed by atoms with van der Waals surface area (Å²) in [6.07, 6.45) is -1.54. The number of nitrogens with two attached hydrogens (primary N) is 1. The predicted molar refractivity (Wildman–Crippen MR) is 89.4 cm³/mol. The first-order valence-electron chi connectivity index (χ1n) is 7.29. The molecule has 1 aromatic carbocycles. The predicted octanol–water partition coefficient (Wildman–Crippen LogP) is 2.47. The molecular weight excluding hydrogens is 367 g/mol. The lowest BCUT2D eigenvalue weighted by molar-refractivity contribution is -0.192. The van der Waals surface area contributed by atoms with E-state index in [1.807, 2.05) is 23.9 Å². The third-order valence-corrected chi connectivity index (χ3v) is 3.23. The summed E-state index contributed by atoms with van der Waals surface area (Å²) in [6.45, 7) is 0. The second-order valence-electron chi connectivity index (χ2n) is 5.27. The maximum absolute atomic E-state index is 10.6. The number of aromatic nitrogens is 4. The van der Waals surface area contributed by atoms with E-state index < -0.39 is 12.1 Å². The van der Waals surface area contributed by atoms with Gasteiger partial charge in [-0.1, -0.05) is 12.1 Å². The van der Waals surface area contributed by atoms with Crippen molar-refractivity contribution in [1.29, 1.82) is 0 Å². The molecule has 0 atom stereocenters. The molecule has 0 aliphatic carbocycles. The lowest BCUT2D eigenvalue weighted by Crippen LogP contribution is -2.21. The highest BCUT2D eigenvalue weighted by molar-refractivity contribution is 5.77. The highest BCUT2D eigenvalue weighted by Crippen LogP contribution is 2.31. The molecule has 27 heavy (non-hydrogen) atoms. The molecule has 3 rings (SSSR count). The Labute approximate surface area is 150 Å². The van der Waals surface area contributed by atoms with Crippen molar-refractivity contribution in [1.82, 2.24) is 19.7 Å². The number of alkyl halides is 3. The summed E-state index contributed by atoms with van der Waals surface area (Å²) < 4.78 is 33.6. The van der Waals surface area contributed by atoms with Gasteiger partial charge in [-0.3, -0.25) is 0 Å². The van der Waals surface area contributed by atoms with E-state index >= 15 is 0 Å². The van der Waals surface area contributed by atoms with E-state index in [4.69, 9.17) is 15.6 Å². The SMILES string of the molecule is Cn1cnc(-c2cc(-c3ccccc3O)nnc2N)c1.O=C(O)C(F)(F)F. The van der Waals surface area contributed by atoms with E-state index in [0.717, 1.165) is 5.69 Å². The Morgan fingerprint density at radius 3 is 2.30 bits per heavy atom. The molecule has 2 heterocycles. The van der Waals surface area contributed by atoms with Crippen LogP contribution in [0.5, 0.6) is 5.75 Å². The molecule has 0 amide bonds. The Hall–Kier alpha value is -3.63. The molecule has 0 saturated heterocycles. The van der Waals surface area contributed by atoms with E-state index in [1.165, 1.54) is 0 Å². The van der Waals surface area contributed by atoms with E-state index in [-0.39, 0.29) is 5.75 Å². The van der Waals surface area contributed by atoms with Crippen LogP contribution in [0.3, 0.4) is 0 Å².